The molecule has 0 radical (unpaired) electrons. The predicted octanol–water partition coefficient (Wildman–Crippen LogP) is 5.88. The van der Waals surface area contributed by atoms with E-state index in [1.807, 2.05) is 6.92 Å². The zero-order valence-electron chi connectivity index (χ0n) is 20.1. The Bertz CT molecular complexity index is 1190. The molecule has 192 valence electrons. The fraction of sp³-hybridized carbons (Fsp3) is 0.360. The number of benzene rings is 2. The molecule has 0 heterocycles. The predicted molar refractivity (Wildman–Crippen MR) is 131 cm³/mol. The third-order valence-corrected chi connectivity index (χ3v) is 5.78. The van der Waals surface area contributed by atoms with Crippen LogP contribution in [0.15, 0.2) is 36.4 Å². The van der Waals surface area contributed by atoms with Crippen molar-refractivity contribution in [2.24, 2.45) is 0 Å². The molecule has 0 bridgehead atoms. The number of aldehydes is 1. The Hall–Kier alpha value is -3.52. The van der Waals surface area contributed by atoms with Gasteiger partial charge in [-0.25, -0.2) is 9.18 Å². The van der Waals surface area contributed by atoms with Gasteiger partial charge in [-0.1, -0.05) is 13.3 Å². The largest absolute Gasteiger partial charge is 0.462 e. The van der Waals surface area contributed by atoms with Gasteiger partial charge in [-0.2, -0.15) is 18.4 Å². The minimum atomic E-state index is -4.78. The van der Waals surface area contributed by atoms with E-state index in [0.717, 1.165) is 24.6 Å². The van der Waals surface area contributed by atoms with Gasteiger partial charge in [-0.05, 0) is 68.9 Å². The zero-order chi connectivity index (χ0) is 27.3. The number of thiocarbonyl (C=S) groups is 1. The summed E-state index contributed by atoms with van der Waals surface area (Å²) in [6, 6.07) is 8.14. The summed E-state index contributed by atoms with van der Waals surface area (Å²) in [6.07, 6.45) is -2.81. The summed E-state index contributed by atoms with van der Waals surface area (Å²) in [5.74, 6) is -1.76. The molecule has 11 heteroatoms. The molecule has 0 amide bonds. The van der Waals surface area contributed by atoms with Gasteiger partial charge < -0.3 is 19.3 Å². The summed E-state index contributed by atoms with van der Waals surface area (Å²) < 4.78 is 60.3. The van der Waals surface area contributed by atoms with Crippen LogP contribution < -0.4 is 9.80 Å². The number of esters is 1. The fourth-order valence-corrected chi connectivity index (χ4v) is 3.72. The average Bonchev–Trinajstić information content (AvgIpc) is 2.82. The Kier molecular flexibility index (Phi) is 9.15. The fourth-order valence-electron chi connectivity index (χ4n) is 3.27. The topological polar surface area (TPSA) is 73.6 Å². The molecule has 0 saturated heterocycles. The second-order valence-corrected chi connectivity index (χ2v) is 8.81. The van der Waals surface area contributed by atoms with Crippen molar-refractivity contribution in [2.75, 3.05) is 23.5 Å². The highest BCUT2D eigenvalue weighted by Gasteiger charge is 2.36. The third-order valence-electron chi connectivity index (χ3n) is 5.32. The van der Waals surface area contributed by atoms with E-state index in [4.69, 9.17) is 22.2 Å². The van der Waals surface area contributed by atoms with Gasteiger partial charge in [0.05, 0.1) is 34.9 Å². The van der Waals surface area contributed by atoms with Crippen LogP contribution in [0.25, 0.3) is 0 Å². The maximum Gasteiger partial charge on any atom is 0.417 e. The number of unbranched alkanes of at least 4 members (excludes halogenated alkanes) is 1. The van der Waals surface area contributed by atoms with Crippen molar-refractivity contribution in [3.63, 3.8) is 0 Å². The number of alkyl halides is 3. The molecule has 0 aliphatic carbocycles. The maximum atomic E-state index is 14.9. The first-order valence-corrected chi connectivity index (χ1v) is 11.3. The highest BCUT2D eigenvalue weighted by atomic mass is 32.1. The molecule has 0 spiro atoms. The van der Waals surface area contributed by atoms with Crippen LogP contribution in [0, 0.1) is 17.1 Å². The average molecular weight is 524 g/mol. The van der Waals surface area contributed by atoms with E-state index in [9.17, 15) is 27.2 Å². The summed E-state index contributed by atoms with van der Waals surface area (Å²) in [7, 11) is 1.38. The lowest BCUT2D eigenvalue weighted by molar-refractivity contribution is -0.137. The Morgan fingerprint density at radius 3 is 2.33 bits per heavy atom. The second kappa shape index (κ2) is 11.5. The van der Waals surface area contributed by atoms with E-state index in [1.165, 1.54) is 55.0 Å². The zero-order valence-corrected chi connectivity index (χ0v) is 21.0. The van der Waals surface area contributed by atoms with Crippen molar-refractivity contribution >= 4 is 41.0 Å². The monoisotopic (exact) mass is 523 g/mol. The quantitative estimate of drug-likeness (QED) is 0.141. The van der Waals surface area contributed by atoms with Crippen molar-refractivity contribution < 1.29 is 31.9 Å². The van der Waals surface area contributed by atoms with Gasteiger partial charge in [0, 0.05) is 18.4 Å². The smallest absolute Gasteiger partial charge is 0.417 e. The molecule has 0 aliphatic rings. The van der Waals surface area contributed by atoms with Crippen LogP contribution in [0.2, 0.25) is 0 Å². The van der Waals surface area contributed by atoms with Crippen LogP contribution in [-0.2, 0) is 15.7 Å². The van der Waals surface area contributed by atoms with Gasteiger partial charge >= 0.3 is 12.1 Å². The van der Waals surface area contributed by atoms with Crippen molar-refractivity contribution in [2.45, 2.75) is 45.3 Å². The lowest BCUT2D eigenvalue weighted by Crippen LogP contribution is -2.54. The Morgan fingerprint density at radius 1 is 1.17 bits per heavy atom. The summed E-state index contributed by atoms with van der Waals surface area (Å²) >= 11 is 5.51. The number of hydrogen-bond donors (Lipinski definition) is 0. The number of ether oxygens (including phenoxy) is 1. The maximum absolute atomic E-state index is 14.9. The molecule has 36 heavy (non-hydrogen) atoms. The summed E-state index contributed by atoms with van der Waals surface area (Å²) in [5, 5.41) is 8.92. The first-order valence-electron chi connectivity index (χ1n) is 10.9. The van der Waals surface area contributed by atoms with Gasteiger partial charge in [0.1, 0.15) is 12.1 Å². The van der Waals surface area contributed by atoms with E-state index < -0.39 is 34.6 Å². The minimum Gasteiger partial charge on any atom is -0.462 e. The number of carbonyl (C=O) groups is 2. The van der Waals surface area contributed by atoms with Gasteiger partial charge in [-0.15, -0.1) is 0 Å². The molecule has 2 aromatic rings. The van der Waals surface area contributed by atoms with E-state index in [1.54, 1.807) is 0 Å². The van der Waals surface area contributed by atoms with Crippen LogP contribution in [0.4, 0.5) is 28.9 Å². The number of anilines is 2. The van der Waals surface area contributed by atoms with Gasteiger partial charge in [0.2, 0.25) is 0 Å². The molecule has 0 unspecified atom stereocenters. The lowest BCUT2D eigenvalue weighted by Gasteiger charge is -2.39. The molecule has 0 N–H and O–H groups in total. The van der Waals surface area contributed by atoms with Gasteiger partial charge in [0.25, 0.3) is 0 Å². The number of rotatable bonds is 8. The van der Waals surface area contributed by atoms with Crippen molar-refractivity contribution in [1.29, 1.82) is 5.26 Å². The highest BCUT2D eigenvalue weighted by Crippen LogP contribution is 2.35. The van der Waals surface area contributed by atoms with Gasteiger partial charge in [-0.3, -0.25) is 0 Å². The Balaban J connectivity index is 2.49. The molecule has 2 aromatic carbocycles. The van der Waals surface area contributed by atoms with Gasteiger partial charge in [0.15, 0.2) is 5.11 Å². The standard InChI is InChI=1S/C25H25F4N3O3S/c1-5-6-11-35-22(34)19-10-9-18(13-21(19)26)32(24(2,3)15-33)23(36)31(4)17-8-7-16(14-30)20(12-17)25(27,28)29/h7-10,12-13,15H,5-6,11H2,1-4H3. The number of halogens is 4. The Labute approximate surface area is 212 Å². The molecular weight excluding hydrogens is 498 g/mol. The molecule has 0 aliphatic heterocycles. The van der Waals surface area contributed by atoms with Crippen LogP contribution in [-0.4, -0.2) is 36.6 Å². The van der Waals surface area contributed by atoms with Crippen LogP contribution in [0.1, 0.15) is 55.1 Å². The number of carbonyl (C=O) groups excluding carboxylic acids is 2. The molecule has 2 rings (SSSR count). The first kappa shape index (κ1) is 28.7. The molecule has 0 aromatic heterocycles. The number of nitrogens with zero attached hydrogens (tertiary/aromatic N) is 3. The summed E-state index contributed by atoms with van der Waals surface area (Å²) in [5.41, 5.74) is -3.26. The highest BCUT2D eigenvalue weighted by molar-refractivity contribution is 7.80. The second-order valence-electron chi connectivity index (χ2n) is 8.44. The third kappa shape index (κ3) is 6.37. The SMILES string of the molecule is CCCCOC(=O)c1ccc(N(C(=S)N(C)c2ccc(C#N)c(C(F)(F)F)c2)C(C)(C)C=O)cc1F. The molecule has 0 fully saturated rings. The van der Waals surface area contributed by atoms with Crippen molar-refractivity contribution in [1.82, 2.24) is 0 Å². The van der Waals surface area contributed by atoms with E-state index in [0.29, 0.717) is 12.7 Å². The first-order chi connectivity index (χ1) is 16.8. The minimum absolute atomic E-state index is 0.00498. The number of nitriles is 1. The summed E-state index contributed by atoms with van der Waals surface area (Å²) in [4.78, 5) is 26.6. The van der Waals surface area contributed by atoms with Crippen LogP contribution in [0.5, 0.6) is 0 Å². The summed E-state index contributed by atoms with van der Waals surface area (Å²) in [6.45, 7) is 5.03. The van der Waals surface area contributed by atoms with Crippen molar-refractivity contribution in [3.8, 4) is 6.07 Å². The Morgan fingerprint density at radius 2 is 1.81 bits per heavy atom. The van der Waals surface area contributed by atoms with E-state index in [2.05, 4.69) is 0 Å². The molecule has 0 saturated carbocycles. The molecule has 0 atom stereocenters. The van der Waals surface area contributed by atoms with E-state index >= 15 is 0 Å². The van der Waals surface area contributed by atoms with E-state index in [-0.39, 0.29) is 28.7 Å². The number of hydrogen-bond acceptors (Lipinski definition) is 5. The van der Waals surface area contributed by atoms with Crippen LogP contribution >= 0.6 is 12.2 Å². The van der Waals surface area contributed by atoms with Crippen molar-refractivity contribution in [3.05, 3.63) is 58.9 Å². The lowest BCUT2D eigenvalue weighted by atomic mass is 10.0. The van der Waals surface area contributed by atoms with Crippen LogP contribution in [0.3, 0.4) is 0 Å². The normalized spacial score (nSPS) is 11.4. The molecular formula is C25H25F4N3O3S. The molecule has 6 nitrogen and oxygen atoms in total.